The number of aromatic nitrogens is 4. The Morgan fingerprint density at radius 3 is 2.67 bits per heavy atom. The van der Waals surface area contributed by atoms with Crippen LogP contribution in [0.5, 0.6) is 0 Å². The van der Waals surface area contributed by atoms with Crippen molar-refractivity contribution in [2.75, 3.05) is 12.4 Å². The molecule has 2 N–H and O–H groups in total. The van der Waals surface area contributed by atoms with Crippen LogP contribution in [0.15, 0.2) is 35.1 Å². The van der Waals surface area contributed by atoms with Crippen LogP contribution in [-0.4, -0.2) is 27.4 Å². The van der Waals surface area contributed by atoms with Crippen LogP contribution in [0.2, 0.25) is 0 Å². The van der Waals surface area contributed by atoms with Gasteiger partial charge in [-0.15, -0.1) is 10.2 Å². The average Bonchev–Trinajstić information content (AvgIpc) is 2.97. The second-order valence-electron chi connectivity index (χ2n) is 4.17. The van der Waals surface area contributed by atoms with Crippen molar-refractivity contribution in [1.82, 2.24) is 20.4 Å². The maximum Gasteiger partial charge on any atom is 0.274 e. The summed E-state index contributed by atoms with van der Waals surface area (Å²) in [4.78, 5) is 11.9. The Hall–Kier alpha value is -2.61. The molecule has 2 heterocycles. The third-order valence-electron chi connectivity index (χ3n) is 2.81. The van der Waals surface area contributed by atoms with Gasteiger partial charge in [-0.05, 0) is 30.3 Å². The van der Waals surface area contributed by atoms with E-state index in [9.17, 15) is 9.18 Å². The van der Waals surface area contributed by atoms with Gasteiger partial charge in [0.15, 0.2) is 5.01 Å². The molecule has 6 nitrogen and oxygen atoms in total. The predicted molar refractivity (Wildman–Crippen MR) is 78.7 cm³/mol. The summed E-state index contributed by atoms with van der Waals surface area (Å²) in [6, 6.07) is 7.49. The van der Waals surface area contributed by atoms with Gasteiger partial charge in [0.25, 0.3) is 5.56 Å². The van der Waals surface area contributed by atoms with E-state index in [4.69, 9.17) is 0 Å². The van der Waals surface area contributed by atoms with Gasteiger partial charge in [0.2, 0.25) is 5.13 Å². The fourth-order valence-corrected chi connectivity index (χ4v) is 2.48. The van der Waals surface area contributed by atoms with E-state index < -0.39 is 0 Å². The lowest BCUT2D eigenvalue weighted by Gasteiger charge is -2.01. The first-order chi connectivity index (χ1) is 10.2. The maximum absolute atomic E-state index is 13.0. The van der Waals surface area contributed by atoms with Crippen LogP contribution >= 0.6 is 11.3 Å². The van der Waals surface area contributed by atoms with E-state index >= 15 is 0 Å². The molecule has 0 saturated heterocycles. The number of nitrogens with one attached hydrogen (secondary N) is 2. The number of halogens is 1. The van der Waals surface area contributed by atoms with Crippen LogP contribution in [0.3, 0.4) is 0 Å². The van der Waals surface area contributed by atoms with Crippen molar-refractivity contribution in [2.24, 2.45) is 0 Å². The van der Waals surface area contributed by atoms with Crippen molar-refractivity contribution >= 4 is 16.5 Å². The Morgan fingerprint density at radius 2 is 2.00 bits per heavy atom. The van der Waals surface area contributed by atoms with Crippen molar-refractivity contribution in [3.8, 4) is 21.8 Å². The summed E-state index contributed by atoms with van der Waals surface area (Å²) < 4.78 is 13.0. The molecule has 0 unspecified atom stereocenters. The third-order valence-corrected chi connectivity index (χ3v) is 3.79. The lowest BCUT2D eigenvalue weighted by Crippen LogP contribution is -2.11. The zero-order valence-corrected chi connectivity index (χ0v) is 11.7. The molecule has 0 radical (unpaired) electrons. The Morgan fingerprint density at radius 1 is 1.24 bits per heavy atom. The SMILES string of the molecule is CNc1nnc(-c2cc(-c3ccc(F)cc3)n[nH]c2=O)s1. The molecule has 0 fully saturated rings. The smallest absolute Gasteiger partial charge is 0.274 e. The summed E-state index contributed by atoms with van der Waals surface area (Å²) in [5.74, 6) is -0.328. The Balaban J connectivity index is 2.07. The lowest BCUT2D eigenvalue weighted by atomic mass is 10.1. The molecule has 0 aliphatic rings. The summed E-state index contributed by atoms with van der Waals surface area (Å²) in [6.07, 6.45) is 0. The topological polar surface area (TPSA) is 83.6 Å². The standard InChI is InChI=1S/C13H10FN5OS/c1-15-13-19-18-12(21-13)9-6-10(16-17-11(9)20)7-2-4-8(14)5-3-7/h2-6H,1H3,(H,15,19)(H,17,20). The van der Waals surface area contributed by atoms with Crippen LogP contribution < -0.4 is 10.9 Å². The Kier molecular flexibility index (Phi) is 3.44. The van der Waals surface area contributed by atoms with Gasteiger partial charge in [0.05, 0.1) is 11.3 Å². The van der Waals surface area contributed by atoms with Crippen LogP contribution in [0.4, 0.5) is 9.52 Å². The number of anilines is 1. The Labute approximate surface area is 122 Å². The van der Waals surface area contributed by atoms with Gasteiger partial charge >= 0.3 is 0 Å². The minimum Gasteiger partial charge on any atom is -0.363 e. The monoisotopic (exact) mass is 303 g/mol. The highest BCUT2D eigenvalue weighted by Gasteiger charge is 2.12. The predicted octanol–water partition coefficient (Wildman–Crippen LogP) is 2.14. The number of H-pyrrole nitrogens is 1. The van der Waals surface area contributed by atoms with Gasteiger partial charge in [-0.25, -0.2) is 9.49 Å². The molecule has 3 rings (SSSR count). The van der Waals surface area contributed by atoms with Crippen molar-refractivity contribution < 1.29 is 4.39 Å². The van der Waals surface area contributed by atoms with E-state index in [-0.39, 0.29) is 11.4 Å². The second kappa shape index (κ2) is 5.41. The first-order valence-electron chi connectivity index (χ1n) is 6.04. The molecule has 0 atom stereocenters. The number of hydrogen-bond donors (Lipinski definition) is 2. The molecule has 0 bridgehead atoms. The summed E-state index contributed by atoms with van der Waals surface area (Å²) in [5, 5.41) is 18.2. The molecule has 0 saturated carbocycles. The zero-order valence-electron chi connectivity index (χ0n) is 10.9. The summed E-state index contributed by atoms with van der Waals surface area (Å²) >= 11 is 1.27. The molecule has 3 aromatic rings. The summed E-state index contributed by atoms with van der Waals surface area (Å²) in [6.45, 7) is 0. The number of rotatable bonds is 3. The molecule has 1 aromatic carbocycles. The van der Waals surface area contributed by atoms with Gasteiger partial charge in [0.1, 0.15) is 5.82 Å². The van der Waals surface area contributed by atoms with Gasteiger partial charge in [-0.2, -0.15) is 5.10 Å². The third kappa shape index (κ3) is 2.65. The summed E-state index contributed by atoms with van der Waals surface area (Å²) in [5.41, 5.74) is 1.26. The van der Waals surface area contributed by atoms with Crippen molar-refractivity contribution in [3.63, 3.8) is 0 Å². The van der Waals surface area contributed by atoms with E-state index in [1.54, 1.807) is 25.2 Å². The molecule has 2 aromatic heterocycles. The van der Waals surface area contributed by atoms with Crippen LogP contribution in [-0.2, 0) is 0 Å². The normalized spacial score (nSPS) is 10.6. The van der Waals surface area contributed by atoms with Gasteiger partial charge in [0, 0.05) is 12.6 Å². The molecular weight excluding hydrogens is 293 g/mol. The van der Waals surface area contributed by atoms with Crippen molar-refractivity contribution in [3.05, 3.63) is 46.5 Å². The van der Waals surface area contributed by atoms with Crippen LogP contribution in [0.1, 0.15) is 0 Å². The van der Waals surface area contributed by atoms with E-state index in [1.807, 2.05) is 0 Å². The van der Waals surface area contributed by atoms with Gasteiger partial charge in [-0.1, -0.05) is 11.3 Å². The number of nitrogens with zero attached hydrogens (tertiary/aromatic N) is 3. The van der Waals surface area contributed by atoms with Crippen molar-refractivity contribution in [1.29, 1.82) is 0 Å². The first kappa shape index (κ1) is 13.4. The average molecular weight is 303 g/mol. The summed E-state index contributed by atoms with van der Waals surface area (Å²) in [7, 11) is 1.73. The van der Waals surface area contributed by atoms with Crippen molar-refractivity contribution in [2.45, 2.75) is 0 Å². The van der Waals surface area contributed by atoms with Gasteiger partial charge < -0.3 is 5.32 Å². The number of aromatic amines is 1. The van der Waals surface area contributed by atoms with E-state index in [0.29, 0.717) is 27.0 Å². The lowest BCUT2D eigenvalue weighted by molar-refractivity contribution is 0.628. The second-order valence-corrected chi connectivity index (χ2v) is 5.14. The molecule has 0 amide bonds. The molecule has 0 aliphatic heterocycles. The first-order valence-corrected chi connectivity index (χ1v) is 6.86. The van der Waals surface area contributed by atoms with E-state index in [2.05, 4.69) is 25.7 Å². The van der Waals surface area contributed by atoms with Crippen LogP contribution in [0.25, 0.3) is 21.8 Å². The molecule has 106 valence electrons. The van der Waals surface area contributed by atoms with Gasteiger partial charge in [-0.3, -0.25) is 4.79 Å². The molecule has 8 heteroatoms. The minimum atomic E-state index is -0.348. The fourth-order valence-electron chi connectivity index (χ4n) is 1.77. The molecular formula is C13H10FN5OS. The molecule has 21 heavy (non-hydrogen) atoms. The minimum absolute atomic E-state index is 0.328. The zero-order chi connectivity index (χ0) is 14.8. The molecule has 0 aliphatic carbocycles. The highest BCUT2D eigenvalue weighted by Crippen LogP contribution is 2.25. The number of benzene rings is 1. The van der Waals surface area contributed by atoms with E-state index in [0.717, 1.165) is 0 Å². The van der Waals surface area contributed by atoms with E-state index in [1.165, 1.54) is 23.5 Å². The highest BCUT2D eigenvalue weighted by atomic mass is 32.1. The molecule has 0 spiro atoms. The Bertz CT molecular complexity index is 827. The maximum atomic E-state index is 13.0. The largest absolute Gasteiger partial charge is 0.363 e. The number of hydrogen-bond acceptors (Lipinski definition) is 6. The van der Waals surface area contributed by atoms with Crippen LogP contribution in [0, 0.1) is 5.82 Å². The fraction of sp³-hybridized carbons (Fsp3) is 0.0769. The quantitative estimate of drug-likeness (QED) is 0.774. The highest BCUT2D eigenvalue weighted by molar-refractivity contribution is 7.18.